The van der Waals surface area contributed by atoms with E-state index in [1.807, 2.05) is 30.3 Å². The maximum absolute atomic E-state index is 12.2. The number of esters is 1. The van der Waals surface area contributed by atoms with Gasteiger partial charge in [0.1, 0.15) is 6.04 Å². The average molecular weight is 330 g/mol. The third kappa shape index (κ3) is 4.98. The minimum atomic E-state index is -0.936. The van der Waals surface area contributed by atoms with Gasteiger partial charge in [-0.3, -0.25) is 9.59 Å². The first kappa shape index (κ1) is 17.3. The van der Waals surface area contributed by atoms with Crippen molar-refractivity contribution in [3.8, 4) is 0 Å². The molecule has 2 aromatic rings. The van der Waals surface area contributed by atoms with Crippen molar-refractivity contribution in [2.75, 3.05) is 13.7 Å². The van der Waals surface area contributed by atoms with Crippen LogP contribution in [-0.4, -0.2) is 37.5 Å². The van der Waals surface area contributed by atoms with Crippen molar-refractivity contribution in [1.82, 2.24) is 10.6 Å². The zero-order chi connectivity index (χ0) is 17.4. The Bertz CT molecular complexity index is 682. The van der Waals surface area contributed by atoms with Gasteiger partial charge in [-0.05, 0) is 17.7 Å². The molecule has 24 heavy (non-hydrogen) atoms. The molecule has 0 saturated carbocycles. The average Bonchev–Trinajstić information content (AvgIpc) is 3.14. The highest BCUT2D eigenvalue weighted by atomic mass is 16.5. The summed E-state index contributed by atoms with van der Waals surface area (Å²) in [5, 5.41) is 4.92. The Balaban J connectivity index is 2.06. The second-order valence-electron chi connectivity index (χ2n) is 4.97. The molecule has 126 valence electrons. The largest absolute Gasteiger partial charge is 0.459 e. The molecule has 0 aliphatic heterocycles. The third-order valence-electron chi connectivity index (χ3n) is 3.24. The van der Waals surface area contributed by atoms with Gasteiger partial charge in [0.15, 0.2) is 12.4 Å². The molecule has 1 aromatic carbocycles. The second-order valence-corrected chi connectivity index (χ2v) is 4.97. The highest BCUT2D eigenvalue weighted by Gasteiger charge is 2.25. The number of furan rings is 1. The van der Waals surface area contributed by atoms with Crippen LogP contribution >= 0.6 is 0 Å². The number of ether oxygens (including phenoxy) is 1. The van der Waals surface area contributed by atoms with E-state index in [9.17, 15) is 14.4 Å². The molecule has 1 heterocycles. The lowest BCUT2D eigenvalue weighted by atomic mass is 10.1. The third-order valence-corrected chi connectivity index (χ3v) is 3.24. The highest BCUT2D eigenvalue weighted by molar-refractivity contribution is 5.94. The molecule has 7 nitrogen and oxygen atoms in total. The molecular weight excluding hydrogens is 312 g/mol. The predicted octanol–water partition coefficient (Wildman–Crippen LogP) is 0.910. The molecular formula is C17H18N2O5. The van der Waals surface area contributed by atoms with Crippen LogP contribution in [0.2, 0.25) is 0 Å². The summed E-state index contributed by atoms with van der Waals surface area (Å²) in [4.78, 5) is 35.6. The fourth-order valence-corrected chi connectivity index (χ4v) is 1.99. The number of likely N-dealkylation sites (N-methyl/N-ethyl adjacent to an activating group) is 1. The number of benzene rings is 1. The summed E-state index contributed by atoms with van der Waals surface area (Å²) >= 11 is 0. The van der Waals surface area contributed by atoms with Crippen LogP contribution in [0.4, 0.5) is 0 Å². The Morgan fingerprint density at radius 3 is 2.50 bits per heavy atom. The zero-order valence-electron chi connectivity index (χ0n) is 13.2. The Morgan fingerprint density at radius 2 is 1.88 bits per heavy atom. The van der Waals surface area contributed by atoms with Gasteiger partial charge in [-0.25, -0.2) is 4.79 Å². The van der Waals surface area contributed by atoms with Crippen molar-refractivity contribution in [2.24, 2.45) is 0 Å². The fourth-order valence-electron chi connectivity index (χ4n) is 1.99. The van der Waals surface area contributed by atoms with Gasteiger partial charge in [0.2, 0.25) is 0 Å². The van der Waals surface area contributed by atoms with E-state index in [2.05, 4.69) is 10.6 Å². The van der Waals surface area contributed by atoms with Crippen molar-refractivity contribution in [3.05, 3.63) is 60.1 Å². The van der Waals surface area contributed by atoms with E-state index < -0.39 is 30.4 Å². The molecule has 1 unspecified atom stereocenters. The molecule has 0 fully saturated rings. The Kier molecular flexibility index (Phi) is 6.13. The van der Waals surface area contributed by atoms with E-state index in [1.165, 1.54) is 19.4 Å². The van der Waals surface area contributed by atoms with Gasteiger partial charge in [0.05, 0.1) is 6.26 Å². The maximum Gasteiger partial charge on any atom is 0.329 e. The van der Waals surface area contributed by atoms with Crippen LogP contribution in [0.1, 0.15) is 16.1 Å². The monoisotopic (exact) mass is 330 g/mol. The number of carbonyl (C=O) groups is 3. The van der Waals surface area contributed by atoms with Crippen molar-refractivity contribution < 1.29 is 23.5 Å². The first-order chi connectivity index (χ1) is 11.6. The quantitative estimate of drug-likeness (QED) is 0.736. The molecule has 0 aliphatic carbocycles. The minimum Gasteiger partial charge on any atom is -0.459 e. The normalized spacial score (nSPS) is 11.4. The van der Waals surface area contributed by atoms with Crippen LogP contribution in [0, 0.1) is 0 Å². The van der Waals surface area contributed by atoms with E-state index in [-0.39, 0.29) is 12.2 Å². The Hall–Kier alpha value is -3.09. The lowest BCUT2D eigenvalue weighted by Crippen LogP contribution is -2.44. The van der Waals surface area contributed by atoms with Crippen molar-refractivity contribution in [2.45, 2.75) is 12.5 Å². The lowest BCUT2D eigenvalue weighted by Gasteiger charge is -2.17. The SMILES string of the molecule is CNC(=O)COC(=O)C(Cc1ccccc1)NC(=O)c1ccco1. The van der Waals surface area contributed by atoms with Gasteiger partial charge < -0.3 is 19.8 Å². The smallest absolute Gasteiger partial charge is 0.329 e. The van der Waals surface area contributed by atoms with Gasteiger partial charge in [-0.2, -0.15) is 0 Å². The van der Waals surface area contributed by atoms with Gasteiger partial charge in [-0.1, -0.05) is 30.3 Å². The maximum atomic E-state index is 12.2. The molecule has 2 N–H and O–H groups in total. The standard InChI is InChI=1S/C17H18N2O5/c1-18-15(20)11-24-17(22)13(10-12-6-3-2-4-7-12)19-16(21)14-8-5-9-23-14/h2-9,13H,10-11H2,1H3,(H,18,20)(H,19,21). The summed E-state index contributed by atoms with van der Waals surface area (Å²) < 4.78 is 9.96. The minimum absolute atomic E-state index is 0.0900. The van der Waals surface area contributed by atoms with Crippen LogP contribution in [0.3, 0.4) is 0 Å². The molecule has 0 radical (unpaired) electrons. The first-order valence-corrected chi connectivity index (χ1v) is 7.35. The van der Waals surface area contributed by atoms with Gasteiger partial charge in [-0.15, -0.1) is 0 Å². The van der Waals surface area contributed by atoms with Gasteiger partial charge in [0.25, 0.3) is 11.8 Å². The Labute approximate surface area is 139 Å². The van der Waals surface area contributed by atoms with Crippen molar-refractivity contribution in [1.29, 1.82) is 0 Å². The van der Waals surface area contributed by atoms with Gasteiger partial charge in [0, 0.05) is 13.5 Å². The number of nitrogens with one attached hydrogen (secondary N) is 2. The van der Waals surface area contributed by atoms with E-state index >= 15 is 0 Å². The Morgan fingerprint density at radius 1 is 1.12 bits per heavy atom. The zero-order valence-corrected chi connectivity index (χ0v) is 13.2. The highest BCUT2D eigenvalue weighted by Crippen LogP contribution is 2.07. The fraction of sp³-hybridized carbons (Fsp3) is 0.235. The van der Waals surface area contributed by atoms with Crippen LogP contribution < -0.4 is 10.6 Å². The van der Waals surface area contributed by atoms with E-state index in [0.29, 0.717) is 0 Å². The summed E-state index contributed by atoms with van der Waals surface area (Å²) in [5.74, 6) is -1.56. The molecule has 1 atom stereocenters. The number of hydrogen-bond donors (Lipinski definition) is 2. The molecule has 2 rings (SSSR count). The summed E-state index contributed by atoms with van der Waals surface area (Å²) in [6.45, 7) is -0.406. The number of hydrogen-bond acceptors (Lipinski definition) is 5. The number of rotatable bonds is 7. The topological polar surface area (TPSA) is 97.6 Å². The summed E-state index contributed by atoms with van der Waals surface area (Å²) in [6, 6.07) is 11.3. The van der Waals surface area contributed by atoms with Crippen LogP contribution in [-0.2, 0) is 20.7 Å². The predicted molar refractivity (Wildman–Crippen MR) is 85.1 cm³/mol. The van der Waals surface area contributed by atoms with E-state index in [1.54, 1.807) is 6.07 Å². The van der Waals surface area contributed by atoms with E-state index in [4.69, 9.17) is 9.15 Å². The molecule has 0 spiro atoms. The number of amides is 2. The second kappa shape index (κ2) is 8.52. The van der Waals surface area contributed by atoms with Gasteiger partial charge >= 0.3 is 5.97 Å². The molecule has 1 aromatic heterocycles. The lowest BCUT2D eigenvalue weighted by molar-refractivity contribution is -0.150. The van der Waals surface area contributed by atoms with Crippen LogP contribution in [0.15, 0.2) is 53.1 Å². The summed E-state index contributed by atoms with van der Waals surface area (Å²) in [5.41, 5.74) is 0.846. The van der Waals surface area contributed by atoms with E-state index in [0.717, 1.165) is 5.56 Å². The van der Waals surface area contributed by atoms with Crippen molar-refractivity contribution >= 4 is 17.8 Å². The number of carbonyl (C=O) groups excluding carboxylic acids is 3. The molecule has 0 bridgehead atoms. The molecule has 0 saturated heterocycles. The molecule has 0 aliphatic rings. The summed E-state index contributed by atoms with van der Waals surface area (Å²) in [7, 11) is 1.44. The first-order valence-electron chi connectivity index (χ1n) is 7.35. The molecule has 7 heteroatoms. The van der Waals surface area contributed by atoms with Crippen LogP contribution in [0.25, 0.3) is 0 Å². The van der Waals surface area contributed by atoms with Crippen LogP contribution in [0.5, 0.6) is 0 Å². The summed E-state index contributed by atoms with van der Waals surface area (Å²) in [6.07, 6.45) is 1.60. The van der Waals surface area contributed by atoms with Crippen molar-refractivity contribution in [3.63, 3.8) is 0 Å². The molecule has 2 amide bonds.